The standard InChI is InChI=1S/C13H20N4O3S/c1-10-4-5-12(20-10)13-11(9-15-17-13)8-14-6-3-7-16-21(2,18)19/h4-5,9,14,16H,3,6-8H2,1-2H3,(H,15,17). The van der Waals surface area contributed by atoms with Crippen molar-refractivity contribution in [1.82, 2.24) is 20.2 Å². The number of H-pyrrole nitrogens is 1. The third-order valence-electron chi connectivity index (χ3n) is 2.91. The first-order valence-corrected chi connectivity index (χ1v) is 8.59. The summed E-state index contributed by atoms with van der Waals surface area (Å²) in [5.74, 6) is 1.62. The lowest BCUT2D eigenvalue weighted by atomic mass is 10.2. The lowest BCUT2D eigenvalue weighted by molar-refractivity contribution is 0.544. The fourth-order valence-corrected chi connectivity index (χ4v) is 2.44. The highest BCUT2D eigenvalue weighted by atomic mass is 32.2. The number of hydrogen-bond acceptors (Lipinski definition) is 5. The fourth-order valence-electron chi connectivity index (χ4n) is 1.92. The summed E-state index contributed by atoms with van der Waals surface area (Å²) in [5.41, 5.74) is 1.88. The van der Waals surface area contributed by atoms with E-state index in [1.807, 2.05) is 19.1 Å². The minimum absolute atomic E-state index is 0.432. The van der Waals surface area contributed by atoms with Crippen molar-refractivity contribution in [3.05, 3.63) is 29.7 Å². The zero-order valence-corrected chi connectivity index (χ0v) is 13.0. The summed E-state index contributed by atoms with van der Waals surface area (Å²) in [7, 11) is -3.10. The smallest absolute Gasteiger partial charge is 0.208 e. The molecule has 0 saturated heterocycles. The summed E-state index contributed by atoms with van der Waals surface area (Å²) in [5, 5.41) is 10.2. The molecule has 2 heterocycles. The van der Waals surface area contributed by atoms with Crippen LogP contribution >= 0.6 is 0 Å². The second-order valence-corrected chi connectivity index (χ2v) is 6.71. The van der Waals surface area contributed by atoms with E-state index >= 15 is 0 Å². The Balaban J connectivity index is 1.78. The molecule has 0 aliphatic heterocycles. The number of aromatic nitrogens is 2. The lowest BCUT2D eigenvalue weighted by Gasteiger charge is -2.05. The van der Waals surface area contributed by atoms with E-state index in [1.54, 1.807) is 6.20 Å². The van der Waals surface area contributed by atoms with Gasteiger partial charge in [0.2, 0.25) is 10.0 Å². The predicted octanol–water partition coefficient (Wildman–Crippen LogP) is 1.01. The van der Waals surface area contributed by atoms with E-state index in [9.17, 15) is 8.42 Å². The lowest BCUT2D eigenvalue weighted by Crippen LogP contribution is -2.26. The van der Waals surface area contributed by atoms with Crippen molar-refractivity contribution in [2.45, 2.75) is 19.9 Å². The van der Waals surface area contributed by atoms with Crippen molar-refractivity contribution < 1.29 is 12.8 Å². The predicted molar refractivity (Wildman–Crippen MR) is 80.2 cm³/mol. The molecule has 0 radical (unpaired) electrons. The molecule has 0 aliphatic rings. The Morgan fingerprint density at radius 2 is 2.14 bits per heavy atom. The van der Waals surface area contributed by atoms with Crippen molar-refractivity contribution in [3.8, 4) is 11.5 Å². The van der Waals surface area contributed by atoms with Crippen LogP contribution in [0.3, 0.4) is 0 Å². The highest BCUT2D eigenvalue weighted by Crippen LogP contribution is 2.23. The van der Waals surface area contributed by atoms with Crippen LogP contribution in [-0.4, -0.2) is 38.0 Å². The van der Waals surface area contributed by atoms with Crippen molar-refractivity contribution in [1.29, 1.82) is 0 Å². The van der Waals surface area contributed by atoms with Crippen LogP contribution in [0.4, 0.5) is 0 Å². The topological polar surface area (TPSA) is 100 Å². The molecule has 0 saturated carbocycles. The largest absolute Gasteiger partial charge is 0.460 e. The van der Waals surface area contributed by atoms with Gasteiger partial charge in [-0.15, -0.1) is 0 Å². The van der Waals surface area contributed by atoms with Gasteiger partial charge in [-0.3, -0.25) is 5.10 Å². The molecule has 0 spiro atoms. The van der Waals surface area contributed by atoms with Gasteiger partial charge in [0.1, 0.15) is 11.5 Å². The second-order valence-electron chi connectivity index (χ2n) is 4.88. The molecule has 0 amide bonds. The maximum Gasteiger partial charge on any atom is 0.208 e. The van der Waals surface area contributed by atoms with Gasteiger partial charge in [0, 0.05) is 18.7 Å². The van der Waals surface area contributed by atoms with E-state index in [-0.39, 0.29) is 0 Å². The molecule has 0 unspecified atom stereocenters. The van der Waals surface area contributed by atoms with E-state index in [2.05, 4.69) is 20.2 Å². The number of aromatic amines is 1. The maximum atomic E-state index is 10.9. The van der Waals surface area contributed by atoms with Crippen LogP contribution in [-0.2, 0) is 16.6 Å². The molecule has 2 aromatic rings. The molecule has 0 aromatic carbocycles. The summed E-state index contributed by atoms with van der Waals surface area (Å²) in [6, 6.07) is 3.81. The van der Waals surface area contributed by atoms with Crippen LogP contribution in [0.25, 0.3) is 11.5 Å². The molecule has 21 heavy (non-hydrogen) atoms. The van der Waals surface area contributed by atoms with Gasteiger partial charge in [0.15, 0.2) is 5.76 Å². The van der Waals surface area contributed by atoms with Crippen LogP contribution in [0.1, 0.15) is 17.7 Å². The third-order valence-corrected chi connectivity index (χ3v) is 3.64. The van der Waals surface area contributed by atoms with Crippen molar-refractivity contribution in [3.63, 3.8) is 0 Å². The molecule has 2 aromatic heterocycles. The SMILES string of the molecule is Cc1ccc(-c2[nH]ncc2CNCCCNS(C)(=O)=O)o1. The molecule has 0 bridgehead atoms. The number of nitrogens with zero attached hydrogens (tertiary/aromatic N) is 1. The van der Waals surface area contributed by atoms with Gasteiger partial charge in [0.05, 0.1) is 12.5 Å². The quantitative estimate of drug-likeness (QED) is 0.632. The van der Waals surface area contributed by atoms with Gasteiger partial charge in [-0.05, 0) is 32.0 Å². The Labute approximate surface area is 124 Å². The average Bonchev–Trinajstić information content (AvgIpc) is 3.00. The molecular weight excluding hydrogens is 292 g/mol. The molecule has 2 rings (SSSR count). The minimum Gasteiger partial charge on any atom is -0.460 e. The van der Waals surface area contributed by atoms with Gasteiger partial charge in [0.25, 0.3) is 0 Å². The molecule has 0 aliphatic carbocycles. The Morgan fingerprint density at radius 3 is 2.81 bits per heavy atom. The van der Waals surface area contributed by atoms with E-state index in [0.717, 1.165) is 35.5 Å². The monoisotopic (exact) mass is 312 g/mol. The number of furan rings is 1. The van der Waals surface area contributed by atoms with Crippen molar-refractivity contribution in [2.24, 2.45) is 0 Å². The first-order valence-electron chi connectivity index (χ1n) is 6.70. The number of aryl methyl sites for hydroxylation is 1. The zero-order chi connectivity index (χ0) is 15.3. The Morgan fingerprint density at radius 1 is 1.33 bits per heavy atom. The minimum atomic E-state index is -3.10. The van der Waals surface area contributed by atoms with Crippen molar-refractivity contribution >= 4 is 10.0 Å². The Bertz CT molecular complexity index is 675. The summed E-state index contributed by atoms with van der Waals surface area (Å²) in [4.78, 5) is 0. The Kier molecular flexibility index (Phi) is 5.16. The van der Waals surface area contributed by atoms with Gasteiger partial charge in [-0.2, -0.15) is 5.10 Å². The van der Waals surface area contributed by atoms with Gasteiger partial charge in [-0.25, -0.2) is 13.1 Å². The molecule has 0 atom stereocenters. The highest BCUT2D eigenvalue weighted by Gasteiger charge is 2.10. The van der Waals surface area contributed by atoms with E-state index in [0.29, 0.717) is 19.6 Å². The fraction of sp³-hybridized carbons (Fsp3) is 0.462. The summed E-state index contributed by atoms with van der Waals surface area (Å²) in [6.45, 7) is 3.68. The molecule has 8 heteroatoms. The second kappa shape index (κ2) is 6.88. The molecule has 7 nitrogen and oxygen atoms in total. The number of hydrogen-bond donors (Lipinski definition) is 3. The molecular formula is C13H20N4O3S. The van der Waals surface area contributed by atoms with E-state index < -0.39 is 10.0 Å². The number of rotatable bonds is 8. The summed E-state index contributed by atoms with van der Waals surface area (Å²) >= 11 is 0. The van der Waals surface area contributed by atoms with Crippen LogP contribution in [0.5, 0.6) is 0 Å². The number of sulfonamides is 1. The van der Waals surface area contributed by atoms with Crippen molar-refractivity contribution in [2.75, 3.05) is 19.3 Å². The summed E-state index contributed by atoms with van der Waals surface area (Å²) < 4.78 is 29.8. The number of nitrogens with one attached hydrogen (secondary N) is 3. The third kappa shape index (κ3) is 5.00. The van der Waals surface area contributed by atoms with Crippen LogP contribution in [0.2, 0.25) is 0 Å². The van der Waals surface area contributed by atoms with E-state index in [4.69, 9.17) is 4.42 Å². The Hall–Kier alpha value is -1.64. The van der Waals surface area contributed by atoms with Gasteiger partial charge < -0.3 is 9.73 Å². The first-order chi connectivity index (χ1) is 9.96. The van der Waals surface area contributed by atoms with Crippen LogP contribution in [0.15, 0.2) is 22.7 Å². The maximum absolute atomic E-state index is 10.9. The van der Waals surface area contributed by atoms with Gasteiger partial charge >= 0.3 is 0 Å². The molecule has 116 valence electrons. The van der Waals surface area contributed by atoms with Gasteiger partial charge in [-0.1, -0.05) is 0 Å². The van der Waals surface area contributed by atoms with E-state index in [1.165, 1.54) is 0 Å². The highest BCUT2D eigenvalue weighted by molar-refractivity contribution is 7.88. The van der Waals surface area contributed by atoms with Crippen LogP contribution in [0, 0.1) is 6.92 Å². The van der Waals surface area contributed by atoms with Crippen LogP contribution < -0.4 is 10.0 Å². The average molecular weight is 312 g/mol. The zero-order valence-electron chi connectivity index (χ0n) is 12.1. The normalized spacial score (nSPS) is 11.9. The molecule has 0 fully saturated rings. The first kappa shape index (κ1) is 15.7. The summed E-state index contributed by atoms with van der Waals surface area (Å²) in [6.07, 6.45) is 3.64. The molecule has 3 N–H and O–H groups in total.